The summed E-state index contributed by atoms with van der Waals surface area (Å²) in [4.78, 5) is 16.8. The summed E-state index contributed by atoms with van der Waals surface area (Å²) < 4.78 is 10.1. The first-order valence-corrected chi connectivity index (χ1v) is 8.14. The van der Waals surface area contributed by atoms with E-state index in [1.54, 1.807) is 13.0 Å². The van der Waals surface area contributed by atoms with Gasteiger partial charge in [0.1, 0.15) is 11.5 Å². The van der Waals surface area contributed by atoms with E-state index in [4.69, 9.17) is 9.05 Å². The number of anilines is 1. The van der Waals surface area contributed by atoms with Crippen LogP contribution in [0.25, 0.3) is 0 Å². The van der Waals surface area contributed by atoms with Crippen molar-refractivity contribution in [1.82, 2.24) is 20.1 Å². The van der Waals surface area contributed by atoms with Gasteiger partial charge < -0.3 is 14.4 Å². The number of piperazine rings is 1. The molecule has 1 amide bonds. The first-order chi connectivity index (χ1) is 11.5. The fourth-order valence-corrected chi connectivity index (χ4v) is 2.85. The molecule has 0 aromatic carbocycles. The lowest BCUT2D eigenvalue weighted by atomic mass is 10.2. The number of rotatable bonds is 5. The zero-order chi connectivity index (χ0) is 17.1. The monoisotopic (exact) mass is 333 g/mol. The van der Waals surface area contributed by atoms with Crippen LogP contribution in [-0.4, -0.2) is 58.2 Å². The van der Waals surface area contributed by atoms with Crippen LogP contribution in [0, 0.1) is 13.8 Å². The van der Waals surface area contributed by atoms with E-state index in [2.05, 4.69) is 25.4 Å². The van der Waals surface area contributed by atoms with Crippen molar-refractivity contribution in [2.24, 2.45) is 0 Å². The molecule has 8 heteroatoms. The van der Waals surface area contributed by atoms with E-state index < -0.39 is 0 Å². The van der Waals surface area contributed by atoms with E-state index in [1.165, 1.54) is 0 Å². The largest absolute Gasteiger partial charge is 0.361 e. The van der Waals surface area contributed by atoms with Gasteiger partial charge in [-0.05, 0) is 20.8 Å². The summed E-state index contributed by atoms with van der Waals surface area (Å²) in [6.45, 7) is 9.85. The lowest BCUT2D eigenvalue weighted by Gasteiger charge is -2.36. The van der Waals surface area contributed by atoms with E-state index in [0.717, 1.165) is 44.2 Å². The fraction of sp³-hybridized carbons (Fsp3) is 0.562. The third kappa shape index (κ3) is 4.01. The van der Waals surface area contributed by atoms with Crippen molar-refractivity contribution in [2.45, 2.75) is 33.4 Å². The predicted octanol–water partition coefficient (Wildman–Crippen LogP) is 1.42. The molecule has 1 aliphatic rings. The van der Waals surface area contributed by atoms with Crippen LogP contribution in [0.1, 0.15) is 24.1 Å². The van der Waals surface area contributed by atoms with Gasteiger partial charge in [0.05, 0.1) is 11.7 Å². The Kier molecular flexibility index (Phi) is 4.96. The van der Waals surface area contributed by atoms with Crippen LogP contribution in [-0.2, 0) is 11.3 Å². The highest BCUT2D eigenvalue weighted by atomic mass is 16.5. The van der Waals surface area contributed by atoms with Gasteiger partial charge in [0.15, 0.2) is 5.82 Å². The van der Waals surface area contributed by atoms with E-state index in [9.17, 15) is 4.79 Å². The van der Waals surface area contributed by atoms with Gasteiger partial charge in [-0.25, -0.2) is 0 Å². The first kappa shape index (κ1) is 16.7. The van der Waals surface area contributed by atoms with Gasteiger partial charge >= 0.3 is 0 Å². The summed E-state index contributed by atoms with van der Waals surface area (Å²) in [5.74, 6) is 1.90. The number of carbonyl (C=O) groups excluding carboxylic acids is 1. The van der Waals surface area contributed by atoms with Crippen molar-refractivity contribution in [1.29, 1.82) is 0 Å². The molecule has 3 rings (SSSR count). The van der Waals surface area contributed by atoms with Crippen molar-refractivity contribution < 1.29 is 13.8 Å². The van der Waals surface area contributed by atoms with Gasteiger partial charge in [-0.1, -0.05) is 10.3 Å². The third-order valence-electron chi connectivity index (χ3n) is 4.28. The Labute approximate surface area is 140 Å². The molecule has 1 fully saturated rings. The first-order valence-electron chi connectivity index (χ1n) is 8.14. The third-order valence-corrected chi connectivity index (χ3v) is 4.28. The quantitative estimate of drug-likeness (QED) is 0.885. The van der Waals surface area contributed by atoms with Crippen molar-refractivity contribution in [3.8, 4) is 0 Å². The van der Waals surface area contributed by atoms with E-state index in [1.807, 2.05) is 19.9 Å². The Hall–Kier alpha value is -2.19. The summed E-state index contributed by atoms with van der Waals surface area (Å²) in [6.07, 6.45) is 0. The zero-order valence-electron chi connectivity index (χ0n) is 14.3. The molecular weight excluding hydrogens is 310 g/mol. The minimum atomic E-state index is -0.210. The number of aromatic nitrogens is 2. The molecule has 24 heavy (non-hydrogen) atoms. The van der Waals surface area contributed by atoms with Gasteiger partial charge in [-0.3, -0.25) is 14.6 Å². The maximum atomic E-state index is 12.3. The van der Waals surface area contributed by atoms with Crippen LogP contribution < -0.4 is 5.32 Å². The number of aryl methyl sites for hydroxylation is 2. The lowest BCUT2D eigenvalue weighted by molar-refractivity contribution is -0.121. The maximum absolute atomic E-state index is 12.3. The van der Waals surface area contributed by atoms with Crippen LogP contribution in [0.4, 0.5) is 5.82 Å². The number of nitrogens with one attached hydrogen (secondary N) is 1. The summed E-state index contributed by atoms with van der Waals surface area (Å²) in [5.41, 5.74) is 0.952. The van der Waals surface area contributed by atoms with Crippen LogP contribution >= 0.6 is 0 Å². The maximum Gasteiger partial charge on any atom is 0.242 e. The van der Waals surface area contributed by atoms with Crippen molar-refractivity contribution in [3.05, 3.63) is 29.3 Å². The Morgan fingerprint density at radius 2 is 1.83 bits per heavy atom. The molecule has 1 N–H and O–H groups in total. The Morgan fingerprint density at radius 3 is 2.42 bits per heavy atom. The molecule has 1 atom stereocenters. The number of carbonyl (C=O) groups is 1. The zero-order valence-corrected chi connectivity index (χ0v) is 14.3. The van der Waals surface area contributed by atoms with Gasteiger partial charge in [0.25, 0.3) is 0 Å². The highest BCUT2D eigenvalue weighted by Gasteiger charge is 2.26. The molecule has 2 aromatic heterocycles. The summed E-state index contributed by atoms with van der Waals surface area (Å²) in [6, 6.07) is 3.46. The van der Waals surface area contributed by atoms with Gasteiger partial charge in [0, 0.05) is 44.9 Å². The van der Waals surface area contributed by atoms with Crippen molar-refractivity contribution in [2.75, 3.05) is 31.5 Å². The minimum Gasteiger partial charge on any atom is -0.361 e. The molecule has 0 radical (unpaired) electrons. The second kappa shape index (κ2) is 7.14. The predicted molar refractivity (Wildman–Crippen MR) is 87.4 cm³/mol. The fourth-order valence-electron chi connectivity index (χ4n) is 2.85. The minimum absolute atomic E-state index is 0.0659. The second-order valence-electron chi connectivity index (χ2n) is 6.23. The van der Waals surface area contributed by atoms with Crippen molar-refractivity contribution >= 4 is 11.7 Å². The Bertz CT molecular complexity index is 687. The molecule has 0 bridgehead atoms. The van der Waals surface area contributed by atoms with E-state index in [0.29, 0.717) is 11.6 Å². The van der Waals surface area contributed by atoms with Crippen LogP contribution in [0.15, 0.2) is 21.2 Å². The molecule has 0 aliphatic carbocycles. The van der Waals surface area contributed by atoms with Gasteiger partial charge in [-0.15, -0.1) is 0 Å². The van der Waals surface area contributed by atoms with Crippen molar-refractivity contribution in [3.63, 3.8) is 0 Å². The lowest BCUT2D eigenvalue weighted by Crippen LogP contribution is -2.52. The van der Waals surface area contributed by atoms with Gasteiger partial charge in [0.2, 0.25) is 5.91 Å². The Balaban J connectivity index is 1.47. The molecule has 1 aliphatic heterocycles. The molecular formula is C16H23N5O3. The molecule has 1 unspecified atom stereocenters. The van der Waals surface area contributed by atoms with Crippen LogP contribution in [0.3, 0.4) is 0 Å². The second-order valence-corrected chi connectivity index (χ2v) is 6.23. The summed E-state index contributed by atoms with van der Waals surface area (Å²) in [5, 5.41) is 10.6. The van der Waals surface area contributed by atoms with Crippen LogP contribution in [0.2, 0.25) is 0 Å². The number of hydrogen-bond acceptors (Lipinski definition) is 7. The van der Waals surface area contributed by atoms with E-state index in [-0.39, 0.29) is 11.9 Å². The number of amides is 1. The standard InChI is InChI=1S/C16H23N5O3/c1-11-8-14(18-23-11)10-20-4-6-21(7-5-20)13(3)16(22)17-15-9-12(2)24-19-15/h8-9,13H,4-7,10H2,1-3H3,(H,17,19,22). The normalized spacial score (nSPS) is 17.8. The summed E-state index contributed by atoms with van der Waals surface area (Å²) >= 11 is 0. The topological polar surface area (TPSA) is 87.6 Å². The molecule has 8 nitrogen and oxygen atoms in total. The van der Waals surface area contributed by atoms with Crippen LogP contribution in [0.5, 0.6) is 0 Å². The highest BCUT2D eigenvalue weighted by molar-refractivity contribution is 5.93. The molecule has 130 valence electrons. The van der Waals surface area contributed by atoms with E-state index >= 15 is 0 Å². The molecule has 0 saturated carbocycles. The average molecular weight is 333 g/mol. The van der Waals surface area contributed by atoms with Gasteiger partial charge in [-0.2, -0.15) is 0 Å². The number of nitrogens with zero attached hydrogens (tertiary/aromatic N) is 4. The average Bonchev–Trinajstić information content (AvgIpc) is 3.15. The smallest absolute Gasteiger partial charge is 0.242 e. The molecule has 2 aromatic rings. The number of hydrogen-bond donors (Lipinski definition) is 1. The molecule has 3 heterocycles. The molecule has 1 saturated heterocycles. The summed E-state index contributed by atoms with van der Waals surface area (Å²) in [7, 11) is 0. The Morgan fingerprint density at radius 1 is 1.17 bits per heavy atom. The SMILES string of the molecule is Cc1cc(CN2CCN(C(C)C(=O)Nc3cc(C)on3)CC2)no1. The highest BCUT2D eigenvalue weighted by Crippen LogP contribution is 2.13. The molecule has 0 spiro atoms.